The molecule has 0 spiro atoms. The van der Waals surface area contributed by atoms with Crippen LogP contribution in [0.4, 0.5) is 16.6 Å². The molecule has 3 aliphatic rings. The third kappa shape index (κ3) is 7.40. The average Bonchev–Trinajstić information content (AvgIpc) is 3.55. The molecule has 0 unspecified atom stereocenters. The van der Waals surface area contributed by atoms with E-state index < -0.39 is 6.09 Å². The van der Waals surface area contributed by atoms with E-state index in [0.29, 0.717) is 43.7 Å². The number of anilines is 2. The molecule has 3 heterocycles. The van der Waals surface area contributed by atoms with Gasteiger partial charge in [-0.25, -0.2) is 9.78 Å². The smallest absolute Gasteiger partial charge is 0.365 e. The number of hydrogen-bond acceptors (Lipinski definition) is 9. The van der Waals surface area contributed by atoms with Gasteiger partial charge in [0.05, 0.1) is 6.33 Å². The second-order valence-corrected chi connectivity index (χ2v) is 10.3. The normalized spacial score (nSPS) is 22.8. The number of amides is 1. The molecule has 0 bridgehead atoms. The number of hydroxylamine groups is 2. The number of carbonyl (C=O) groups excluding carboxylic acids is 1. The van der Waals surface area contributed by atoms with E-state index in [-0.39, 0.29) is 30.9 Å². The number of rotatable bonds is 8. The van der Waals surface area contributed by atoms with E-state index in [0.717, 1.165) is 55.5 Å². The molecule has 1 aliphatic heterocycles. The highest BCUT2D eigenvalue weighted by atomic mass is 35.5. The van der Waals surface area contributed by atoms with Crippen LogP contribution < -0.4 is 21.7 Å². The summed E-state index contributed by atoms with van der Waals surface area (Å²) in [5, 5.41) is 11.6. The van der Waals surface area contributed by atoms with Gasteiger partial charge in [-0.2, -0.15) is 9.97 Å². The Morgan fingerprint density at radius 3 is 2.39 bits per heavy atom. The molecule has 1 saturated heterocycles. The van der Waals surface area contributed by atoms with E-state index in [2.05, 4.69) is 27.1 Å². The first kappa shape index (κ1) is 30.2. The Labute approximate surface area is 236 Å². The number of aromatic nitrogens is 4. The topological polar surface area (TPSA) is 135 Å². The molecule has 2 aliphatic carbocycles. The van der Waals surface area contributed by atoms with Crippen molar-refractivity contribution in [1.29, 1.82) is 0 Å². The molecular formula is C25H41Cl2N9O2. The Morgan fingerprint density at radius 1 is 1.03 bits per heavy atom. The second kappa shape index (κ2) is 14.2. The van der Waals surface area contributed by atoms with Crippen LogP contribution in [0.15, 0.2) is 19.0 Å². The van der Waals surface area contributed by atoms with Gasteiger partial charge in [-0.3, -0.25) is 0 Å². The Morgan fingerprint density at radius 2 is 1.71 bits per heavy atom. The minimum absolute atomic E-state index is 0. The molecule has 0 atom stereocenters. The zero-order valence-corrected chi connectivity index (χ0v) is 23.4. The first-order chi connectivity index (χ1) is 17.6. The number of carbonyl (C=O) groups is 1. The van der Waals surface area contributed by atoms with E-state index in [1.54, 1.807) is 11.1 Å². The number of hydrogen-bond donors (Lipinski definition) is 4. The van der Waals surface area contributed by atoms with E-state index in [1.165, 1.54) is 25.7 Å². The van der Waals surface area contributed by atoms with Crippen LogP contribution in [0.2, 0.25) is 0 Å². The van der Waals surface area contributed by atoms with Crippen LogP contribution in [0.25, 0.3) is 11.2 Å². The predicted molar refractivity (Wildman–Crippen MR) is 154 cm³/mol. The highest BCUT2D eigenvalue weighted by Crippen LogP contribution is 2.33. The van der Waals surface area contributed by atoms with Crippen molar-refractivity contribution in [3.63, 3.8) is 0 Å². The Kier molecular flexibility index (Phi) is 11.3. The van der Waals surface area contributed by atoms with Crippen molar-refractivity contribution in [3.05, 3.63) is 19.0 Å². The molecule has 1 amide bonds. The number of nitrogens with one attached hydrogen (secondary N) is 3. The van der Waals surface area contributed by atoms with Crippen molar-refractivity contribution in [3.8, 4) is 0 Å². The minimum Gasteiger partial charge on any atom is -0.365 e. The van der Waals surface area contributed by atoms with Gasteiger partial charge in [0.15, 0.2) is 17.0 Å². The van der Waals surface area contributed by atoms with Gasteiger partial charge in [-0.05, 0) is 51.4 Å². The summed E-state index contributed by atoms with van der Waals surface area (Å²) in [5.41, 5.74) is 7.82. The summed E-state index contributed by atoms with van der Waals surface area (Å²) in [5.74, 6) is 1.43. The molecule has 0 radical (unpaired) electrons. The zero-order chi connectivity index (χ0) is 24.9. The average molecular weight is 571 g/mol. The van der Waals surface area contributed by atoms with Crippen molar-refractivity contribution in [1.82, 2.24) is 29.9 Å². The zero-order valence-electron chi connectivity index (χ0n) is 21.8. The van der Waals surface area contributed by atoms with E-state index in [1.807, 2.05) is 6.33 Å². The lowest BCUT2D eigenvalue weighted by Crippen LogP contribution is -2.42. The Balaban J connectivity index is 0.00000200. The largest absolute Gasteiger partial charge is 0.426 e. The second-order valence-electron chi connectivity index (χ2n) is 10.3. The van der Waals surface area contributed by atoms with E-state index >= 15 is 0 Å². The number of fused-ring (bicyclic) bond motifs is 1. The first-order valence-corrected chi connectivity index (χ1v) is 13.4. The lowest BCUT2D eigenvalue weighted by Gasteiger charge is -2.31. The quantitative estimate of drug-likeness (QED) is 0.345. The monoisotopic (exact) mass is 569 g/mol. The van der Waals surface area contributed by atoms with Crippen LogP contribution in [0, 0.1) is 0 Å². The minimum atomic E-state index is -0.448. The maximum absolute atomic E-state index is 11.8. The van der Waals surface area contributed by atoms with Crippen molar-refractivity contribution >= 4 is 53.8 Å². The lowest BCUT2D eigenvalue weighted by atomic mass is 9.92. The summed E-state index contributed by atoms with van der Waals surface area (Å²) in [6.45, 7) is 5.28. The van der Waals surface area contributed by atoms with Crippen LogP contribution in [0.5, 0.6) is 0 Å². The fraction of sp³-hybridized carbons (Fsp3) is 0.680. The van der Waals surface area contributed by atoms with Crippen LogP contribution in [-0.2, 0) is 4.84 Å². The number of imidazole rings is 1. The van der Waals surface area contributed by atoms with E-state index in [9.17, 15) is 4.79 Å². The van der Waals surface area contributed by atoms with Crippen molar-refractivity contribution in [2.75, 3.05) is 30.3 Å². The van der Waals surface area contributed by atoms with E-state index in [4.69, 9.17) is 25.5 Å². The molecule has 3 fully saturated rings. The molecular weight excluding hydrogens is 529 g/mol. The number of piperidine rings is 1. The highest BCUT2D eigenvalue weighted by Gasteiger charge is 2.26. The third-order valence-electron chi connectivity index (χ3n) is 7.64. The summed E-state index contributed by atoms with van der Waals surface area (Å²) in [4.78, 5) is 31.8. The maximum Gasteiger partial charge on any atom is 0.426 e. The van der Waals surface area contributed by atoms with Gasteiger partial charge in [-0.1, -0.05) is 18.9 Å². The summed E-state index contributed by atoms with van der Waals surface area (Å²) < 4.78 is 2.25. The molecule has 38 heavy (non-hydrogen) atoms. The van der Waals surface area contributed by atoms with Gasteiger partial charge in [-0.15, -0.1) is 36.5 Å². The summed E-state index contributed by atoms with van der Waals surface area (Å²) >= 11 is 0. The van der Waals surface area contributed by atoms with Gasteiger partial charge in [0.1, 0.15) is 0 Å². The molecule has 2 saturated carbocycles. The molecule has 13 heteroatoms. The van der Waals surface area contributed by atoms with Gasteiger partial charge in [0.2, 0.25) is 5.95 Å². The molecule has 2 aromatic heterocycles. The fourth-order valence-electron chi connectivity index (χ4n) is 5.57. The predicted octanol–water partition coefficient (Wildman–Crippen LogP) is 4.17. The molecule has 0 aromatic carbocycles. The molecule has 2 aromatic rings. The molecule has 11 nitrogen and oxygen atoms in total. The maximum atomic E-state index is 11.8. The first-order valence-electron chi connectivity index (χ1n) is 13.4. The van der Waals surface area contributed by atoms with Crippen molar-refractivity contribution < 1.29 is 9.63 Å². The van der Waals surface area contributed by atoms with Crippen LogP contribution in [-0.4, -0.2) is 68.4 Å². The molecule has 212 valence electrons. The van der Waals surface area contributed by atoms with Crippen LogP contribution in [0.1, 0.15) is 70.3 Å². The SMILES string of the molecule is C=CCNC(=O)ON1CCC(Nc2nc(NC3CCC(N)CC3)nc3c2ncn3C2CCCC2)CC1.Cl.Cl. The lowest BCUT2D eigenvalue weighted by molar-refractivity contribution is -0.112. The standard InChI is InChI=1S/C25H39N9O2.2ClH/c1-2-13-27-25(35)36-33-14-11-19(12-15-33)29-22-21-23(34(16-28-21)20-5-3-4-6-20)32-24(31-22)30-18-9-7-17(26)8-10-18;;/h2,16-20H,1,3-15,26H2,(H,27,35)(H2,29,30,31,32);2*1H. The highest BCUT2D eigenvalue weighted by molar-refractivity contribution is 5.86. The van der Waals surface area contributed by atoms with Gasteiger partial charge >= 0.3 is 6.09 Å². The number of halogens is 2. The summed E-state index contributed by atoms with van der Waals surface area (Å²) in [6.07, 6.45) is 13.7. The van der Waals surface area contributed by atoms with Crippen molar-refractivity contribution in [2.24, 2.45) is 5.73 Å². The Hall–Kier alpha value is -2.34. The van der Waals surface area contributed by atoms with Crippen molar-refractivity contribution in [2.45, 2.75) is 88.4 Å². The number of nitrogens with two attached hydrogens (primary N) is 1. The fourth-order valence-corrected chi connectivity index (χ4v) is 5.57. The van der Waals surface area contributed by atoms with Gasteiger partial charge in [0, 0.05) is 43.8 Å². The van der Waals surface area contributed by atoms with Gasteiger partial charge < -0.3 is 31.1 Å². The number of nitrogens with zero attached hydrogens (tertiary/aromatic N) is 5. The Bertz CT molecular complexity index is 1050. The van der Waals surface area contributed by atoms with Crippen LogP contribution in [0.3, 0.4) is 0 Å². The molecule has 5 N–H and O–H groups in total. The third-order valence-corrected chi connectivity index (χ3v) is 7.64. The summed E-state index contributed by atoms with van der Waals surface area (Å²) in [7, 11) is 0. The molecule has 5 rings (SSSR count). The van der Waals surface area contributed by atoms with Crippen LogP contribution >= 0.6 is 24.8 Å². The van der Waals surface area contributed by atoms with Gasteiger partial charge in [0.25, 0.3) is 0 Å². The summed E-state index contributed by atoms with van der Waals surface area (Å²) in [6, 6.07) is 1.29.